The Kier molecular flexibility index (Phi) is 3.63. The van der Waals surface area contributed by atoms with Crippen molar-refractivity contribution in [3.63, 3.8) is 0 Å². The summed E-state index contributed by atoms with van der Waals surface area (Å²) in [4.78, 5) is 0. The van der Waals surface area contributed by atoms with Crippen LogP contribution in [0.25, 0.3) is 0 Å². The molecule has 0 aromatic heterocycles. The smallest absolute Gasteiger partial charge is 0.137 e. The molecule has 1 atom stereocenters. The van der Waals surface area contributed by atoms with E-state index in [4.69, 9.17) is 4.18 Å². The van der Waals surface area contributed by atoms with Gasteiger partial charge in [0.05, 0.1) is 11.7 Å². The highest BCUT2D eigenvalue weighted by atomic mass is 32.7. The molecular formula is C7H9OPS. The lowest BCUT2D eigenvalue weighted by atomic mass is 10.3. The van der Waals surface area contributed by atoms with Crippen LogP contribution in [0.2, 0.25) is 0 Å². The first-order valence-corrected chi connectivity index (χ1v) is 5.95. The molecule has 0 aliphatic carbocycles. The molecule has 1 aromatic rings. The molecule has 1 unspecified atom stereocenters. The molecule has 0 saturated carbocycles. The Morgan fingerprint density at radius 3 is 2.60 bits per heavy atom. The minimum atomic E-state index is 0.778. The second kappa shape index (κ2) is 4.59. The highest BCUT2D eigenvalue weighted by Crippen LogP contribution is 2.27. The second-order valence-electron chi connectivity index (χ2n) is 1.68. The van der Waals surface area contributed by atoms with Crippen molar-refractivity contribution in [2.24, 2.45) is 0 Å². The van der Waals surface area contributed by atoms with E-state index < -0.39 is 0 Å². The fourth-order valence-electron chi connectivity index (χ4n) is 0.566. The molecule has 0 aliphatic rings. The normalized spacial score (nSPS) is 10.5. The van der Waals surface area contributed by atoms with Gasteiger partial charge in [-0.2, -0.15) is 0 Å². The van der Waals surface area contributed by atoms with E-state index in [2.05, 4.69) is 6.66 Å². The van der Waals surface area contributed by atoms with Crippen molar-refractivity contribution >= 4 is 19.4 Å². The Morgan fingerprint density at radius 2 is 2.00 bits per heavy atom. The first kappa shape index (κ1) is 7.90. The SMILES string of the molecule is CPSOc1ccccc1. The summed E-state index contributed by atoms with van der Waals surface area (Å²) in [5.74, 6) is 0.932. The zero-order chi connectivity index (χ0) is 7.23. The van der Waals surface area contributed by atoms with E-state index in [-0.39, 0.29) is 0 Å². The van der Waals surface area contributed by atoms with Crippen molar-refractivity contribution in [1.82, 2.24) is 0 Å². The quantitative estimate of drug-likeness (QED) is 0.512. The lowest BCUT2D eigenvalue weighted by Gasteiger charge is -1.99. The van der Waals surface area contributed by atoms with Crippen LogP contribution in [-0.4, -0.2) is 6.66 Å². The van der Waals surface area contributed by atoms with Crippen LogP contribution in [0.15, 0.2) is 30.3 Å². The molecule has 0 spiro atoms. The van der Waals surface area contributed by atoms with Crippen molar-refractivity contribution in [1.29, 1.82) is 0 Å². The van der Waals surface area contributed by atoms with Crippen LogP contribution in [0.4, 0.5) is 0 Å². The average Bonchev–Trinajstić information content (AvgIpc) is 2.03. The number of para-hydroxylation sites is 1. The van der Waals surface area contributed by atoms with E-state index in [9.17, 15) is 0 Å². The summed E-state index contributed by atoms with van der Waals surface area (Å²) in [6.07, 6.45) is 0. The first-order chi connectivity index (χ1) is 4.93. The third kappa shape index (κ3) is 2.59. The Bertz CT molecular complexity index is 178. The maximum atomic E-state index is 5.28. The van der Waals surface area contributed by atoms with Crippen LogP contribution in [0.3, 0.4) is 0 Å². The summed E-state index contributed by atoms with van der Waals surface area (Å²) in [7, 11) is 0.778. The van der Waals surface area contributed by atoms with Gasteiger partial charge in [-0.05, 0) is 26.6 Å². The number of hydrogen-bond donors (Lipinski definition) is 0. The second-order valence-corrected chi connectivity index (χ2v) is 4.15. The molecule has 0 heterocycles. The molecule has 0 N–H and O–H groups in total. The lowest BCUT2D eigenvalue weighted by molar-refractivity contribution is 0.656. The predicted molar refractivity (Wildman–Crippen MR) is 48.9 cm³/mol. The van der Waals surface area contributed by atoms with E-state index >= 15 is 0 Å². The van der Waals surface area contributed by atoms with E-state index in [0.717, 1.165) is 13.5 Å². The zero-order valence-corrected chi connectivity index (χ0v) is 7.52. The molecule has 10 heavy (non-hydrogen) atoms. The first-order valence-electron chi connectivity index (χ1n) is 2.99. The van der Waals surface area contributed by atoms with Gasteiger partial charge in [-0.1, -0.05) is 18.2 Å². The van der Waals surface area contributed by atoms with Gasteiger partial charge in [0.2, 0.25) is 0 Å². The standard InChI is InChI=1S/C7H9OPS/c1-9-10-8-7-5-3-2-4-6-7/h2-6,9H,1H3. The van der Waals surface area contributed by atoms with Crippen LogP contribution in [0.5, 0.6) is 5.75 Å². The summed E-state index contributed by atoms with van der Waals surface area (Å²) in [6, 6.07) is 9.81. The van der Waals surface area contributed by atoms with Crippen LogP contribution in [0.1, 0.15) is 0 Å². The topological polar surface area (TPSA) is 9.23 Å². The van der Waals surface area contributed by atoms with Gasteiger partial charge in [-0.15, -0.1) is 0 Å². The highest BCUT2D eigenvalue weighted by Gasteiger charge is 1.87. The maximum absolute atomic E-state index is 5.28. The van der Waals surface area contributed by atoms with Crippen molar-refractivity contribution < 1.29 is 4.18 Å². The molecule has 1 nitrogen and oxygen atoms in total. The third-order valence-corrected chi connectivity index (χ3v) is 2.16. The molecule has 54 valence electrons. The van der Waals surface area contributed by atoms with Crippen molar-refractivity contribution in [2.75, 3.05) is 6.66 Å². The predicted octanol–water partition coefficient (Wildman–Crippen LogP) is 2.94. The Balaban J connectivity index is 2.43. The largest absolute Gasteiger partial charge is 0.422 e. The van der Waals surface area contributed by atoms with Crippen LogP contribution in [-0.2, 0) is 0 Å². The molecular weight excluding hydrogens is 163 g/mol. The molecule has 0 bridgehead atoms. The van der Waals surface area contributed by atoms with Gasteiger partial charge < -0.3 is 4.18 Å². The molecule has 0 saturated heterocycles. The van der Waals surface area contributed by atoms with Gasteiger partial charge in [0.25, 0.3) is 0 Å². The van der Waals surface area contributed by atoms with Crippen molar-refractivity contribution in [2.45, 2.75) is 0 Å². The molecule has 0 radical (unpaired) electrons. The van der Waals surface area contributed by atoms with E-state index in [0.29, 0.717) is 0 Å². The van der Waals surface area contributed by atoms with Crippen LogP contribution < -0.4 is 4.18 Å². The van der Waals surface area contributed by atoms with Gasteiger partial charge in [-0.3, -0.25) is 0 Å². The van der Waals surface area contributed by atoms with Crippen LogP contribution >= 0.6 is 19.4 Å². The Hall–Kier alpha value is -0.200. The van der Waals surface area contributed by atoms with E-state index in [1.807, 2.05) is 30.3 Å². The molecule has 3 heteroatoms. The fraction of sp³-hybridized carbons (Fsp3) is 0.143. The number of benzene rings is 1. The molecule has 1 rings (SSSR count). The van der Waals surface area contributed by atoms with Crippen molar-refractivity contribution in [3.05, 3.63) is 30.3 Å². The molecule has 0 fully saturated rings. The zero-order valence-electron chi connectivity index (χ0n) is 5.70. The van der Waals surface area contributed by atoms with E-state index in [1.54, 1.807) is 0 Å². The number of rotatable bonds is 3. The Morgan fingerprint density at radius 1 is 1.30 bits per heavy atom. The van der Waals surface area contributed by atoms with Gasteiger partial charge in [0.15, 0.2) is 0 Å². The Labute approximate surface area is 66.9 Å². The van der Waals surface area contributed by atoms with Crippen molar-refractivity contribution in [3.8, 4) is 5.75 Å². The molecule has 0 aliphatic heterocycles. The lowest BCUT2D eigenvalue weighted by Crippen LogP contribution is -1.73. The highest BCUT2D eigenvalue weighted by molar-refractivity contribution is 8.46. The van der Waals surface area contributed by atoms with Gasteiger partial charge in [0.1, 0.15) is 5.75 Å². The summed E-state index contributed by atoms with van der Waals surface area (Å²) in [5.41, 5.74) is 0. The monoisotopic (exact) mass is 172 g/mol. The summed E-state index contributed by atoms with van der Waals surface area (Å²) in [6.45, 7) is 2.09. The number of hydrogen-bond acceptors (Lipinski definition) is 2. The fourth-order valence-corrected chi connectivity index (χ4v) is 1.40. The molecule has 1 aromatic carbocycles. The van der Waals surface area contributed by atoms with Gasteiger partial charge in [-0.25, -0.2) is 0 Å². The summed E-state index contributed by atoms with van der Waals surface area (Å²) < 4.78 is 5.28. The van der Waals surface area contributed by atoms with Gasteiger partial charge >= 0.3 is 0 Å². The maximum Gasteiger partial charge on any atom is 0.137 e. The molecule has 0 amide bonds. The minimum Gasteiger partial charge on any atom is -0.422 e. The average molecular weight is 172 g/mol. The third-order valence-electron chi connectivity index (χ3n) is 0.964. The van der Waals surface area contributed by atoms with Gasteiger partial charge in [0, 0.05) is 0 Å². The van der Waals surface area contributed by atoms with Crippen LogP contribution in [0, 0.1) is 0 Å². The van der Waals surface area contributed by atoms with E-state index in [1.165, 1.54) is 11.7 Å². The minimum absolute atomic E-state index is 0.778. The summed E-state index contributed by atoms with van der Waals surface area (Å²) >= 11 is 1.49. The summed E-state index contributed by atoms with van der Waals surface area (Å²) in [5, 5.41) is 0.